The van der Waals surface area contributed by atoms with E-state index in [1.807, 2.05) is 12.1 Å². The molecule has 0 radical (unpaired) electrons. The van der Waals surface area contributed by atoms with Gasteiger partial charge in [-0.1, -0.05) is 12.8 Å². The lowest BCUT2D eigenvalue weighted by Gasteiger charge is -2.22. The van der Waals surface area contributed by atoms with E-state index in [0.29, 0.717) is 22.9 Å². The quantitative estimate of drug-likeness (QED) is 0.420. The second-order valence-corrected chi connectivity index (χ2v) is 9.41. The highest BCUT2D eigenvalue weighted by atomic mass is 16.1. The first-order valence-corrected chi connectivity index (χ1v) is 12.1. The van der Waals surface area contributed by atoms with E-state index in [1.165, 1.54) is 10.9 Å². The fourth-order valence-corrected chi connectivity index (χ4v) is 5.58. The molecular formula is C26H27N7O. The Kier molecular flexibility index (Phi) is 5.27. The van der Waals surface area contributed by atoms with Crippen molar-refractivity contribution in [3.63, 3.8) is 0 Å². The molecule has 4 aromatic rings. The zero-order valence-corrected chi connectivity index (χ0v) is 19.0. The molecule has 0 bridgehead atoms. The number of nitrogens with one attached hydrogen (secondary N) is 3. The minimum atomic E-state index is -0.257. The van der Waals surface area contributed by atoms with Gasteiger partial charge in [0.1, 0.15) is 17.3 Å². The van der Waals surface area contributed by atoms with Crippen LogP contribution in [0.3, 0.4) is 0 Å². The summed E-state index contributed by atoms with van der Waals surface area (Å²) in [6.07, 6.45) is 10.2. The largest absolute Gasteiger partial charge is 0.361 e. The Bertz CT molecular complexity index is 1470. The van der Waals surface area contributed by atoms with Gasteiger partial charge in [0.05, 0.1) is 0 Å². The fraction of sp³-hybridized carbons (Fsp3) is 0.385. The molecule has 6 rings (SSSR count). The maximum absolute atomic E-state index is 13.0. The van der Waals surface area contributed by atoms with Crippen LogP contribution in [-0.2, 0) is 0 Å². The van der Waals surface area contributed by atoms with Gasteiger partial charge in [0, 0.05) is 40.4 Å². The second kappa shape index (κ2) is 8.58. The van der Waals surface area contributed by atoms with Crippen LogP contribution in [0, 0.1) is 11.3 Å². The molecule has 0 amide bonds. The van der Waals surface area contributed by atoms with Crippen LogP contribution in [0.15, 0.2) is 41.5 Å². The highest BCUT2D eigenvalue weighted by Gasteiger charge is 2.23. The number of piperidine rings is 1. The van der Waals surface area contributed by atoms with Crippen LogP contribution in [0.1, 0.15) is 61.6 Å². The number of pyridine rings is 1. The summed E-state index contributed by atoms with van der Waals surface area (Å²) >= 11 is 0. The molecule has 2 fully saturated rings. The molecule has 2 aliphatic rings. The summed E-state index contributed by atoms with van der Waals surface area (Å²) in [5.74, 6) is 0.999. The number of fused-ring (bicyclic) bond motifs is 2. The van der Waals surface area contributed by atoms with E-state index in [4.69, 9.17) is 4.98 Å². The minimum absolute atomic E-state index is 0.0785. The van der Waals surface area contributed by atoms with E-state index in [-0.39, 0.29) is 17.2 Å². The lowest BCUT2D eigenvalue weighted by Crippen LogP contribution is -2.26. The Balaban J connectivity index is 1.38. The maximum atomic E-state index is 13.0. The molecule has 0 atom stereocenters. The topological polar surface area (TPSA) is 111 Å². The van der Waals surface area contributed by atoms with E-state index < -0.39 is 0 Å². The number of aromatic nitrogens is 4. The summed E-state index contributed by atoms with van der Waals surface area (Å²) in [7, 11) is 0. The summed E-state index contributed by atoms with van der Waals surface area (Å²) in [6, 6.07) is 9.97. The molecule has 1 saturated carbocycles. The molecule has 3 aromatic heterocycles. The van der Waals surface area contributed by atoms with Crippen molar-refractivity contribution < 1.29 is 0 Å². The molecule has 3 N–H and O–H groups in total. The fourth-order valence-electron chi connectivity index (χ4n) is 5.58. The summed E-state index contributed by atoms with van der Waals surface area (Å²) in [5.41, 5.74) is 3.87. The lowest BCUT2D eigenvalue weighted by molar-refractivity contribution is 0.462. The van der Waals surface area contributed by atoms with Crippen LogP contribution in [0.2, 0.25) is 0 Å². The third kappa shape index (κ3) is 3.62. The number of hydrogen-bond donors (Lipinski definition) is 3. The summed E-state index contributed by atoms with van der Waals surface area (Å²) < 4.78 is 1.72. The standard InChI is InChI=1S/C26H27N7O/c27-13-17-11-18-14-30-26(32-24(18)33(25(17)34)20-3-1-2-4-20)31-19-5-6-23-21(12-19)22(15-29-23)16-7-9-28-10-8-16/h5-6,11-12,14-16,20,28-29H,1-4,7-10H2,(H,30,31,32). The van der Waals surface area contributed by atoms with Gasteiger partial charge in [-0.2, -0.15) is 10.2 Å². The SMILES string of the molecule is N#Cc1cc2cnc(Nc3ccc4[nH]cc(C5CCNCC5)c4c3)nc2n(C2CCCC2)c1=O. The minimum Gasteiger partial charge on any atom is -0.361 e. The Morgan fingerprint density at radius 3 is 2.74 bits per heavy atom. The summed E-state index contributed by atoms with van der Waals surface area (Å²) in [5, 5.41) is 18.2. The Morgan fingerprint density at radius 2 is 1.94 bits per heavy atom. The zero-order chi connectivity index (χ0) is 23.1. The Labute approximate surface area is 197 Å². The number of hydrogen-bond acceptors (Lipinski definition) is 6. The van der Waals surface area contributed by atoms with E-state index in [9.17, 15) is 10.1 Å². The van der Waals surface area contributed by atoms with Gasteiger partial charge < -0.3 is 15.6 Å². The molecule has 0 unspecified atom stereocenters. The van der Waals surface area contributed by atoms with Gasteiger partial charge in [-0.25, -0.2) is 4.98 Å². The van der Waals surface area contributed by atoms with Crippen LogP contribution < -0.4 is 16.2 Å². The van der Waals surface area contributed by atoms with Crippen LogP contribution in [0.4, 0.5) is 11.6 Å². The molecule has 0 spiro atoms. The Morgan fingerprint density at radius 1 is 1.12 bits per heavy atom. The molecule has 34 heavy (non-hydrogen) atoms. The van der Waals surface area contributed by atoms with Crippen LogP contribution in [0.25, 0.3) is 21.9 Å². The lowest BCUT2D eigenvalue weighted by atomic mass is 9.90. The molecule has 1 aromatic carbocycles. The summed E-state index contributed by atoms with van der Waals surface area (Å²) in [6.45, 7) is 2.10. The molecule has 1 aliphatic carbocycles. The molecule has 8 heteroatoms. The number of aromatic amines is 1. The van der Waals surface area contributed by atoms with Crippen molar-refractivity contribution in [2.75, 3.05) is 18.4 Å². The highest BCUT2D eigenvalue weighted by molar-refractivity contribution is 5.87. The molecule has 8 nitrogen and oxygen atoms in total. The molecular weight excluding hydrogens is 426 g/mol. The van der Waals surface area contributed by atoms with Gasteiger partial charge in [0.25, 0.3) is 5.56 Å². The van der Waals surface area contributed by atoms with Crippen molar-refractivity contribution in [2.24, 2.45) is 0 Å². The number of anilines is 2. The number of nitriles is 1. The first kappa shape index (κ1) is 20.9. The van der Waals surface area contributed by atoms with Crippen molar-refractivity contribution in [3.05, 3.63) is 58.1 Å². The van der Waals surface area contributed by atoms with Gasteiger partial charge in [-0.3, -0.25) is 9.36 Å². The average Bonchev–Trinajstić information content (AvgIpc) is 3.54. The van der Waals surface area contributed by atoms with Crippen LogP contribution >= 0.6 is 0 Å². The number of rotatable bonds is 4. The predicted molar refractivity (Wildman–Crippen MR) is 132 cm³/mol. The maximum Gasteiger partial charge on any atom is 0.270 e. The van der Waals surface area contributed by atoms with Gasteiger partial charge in [-0.05, 0) is 74.5 Å². The number of nitrogens with zero attached hydrogens (tertiary/aromatic N) is 4. The molecule has 4 heterocycles. The Hall–Kier alpha value is -3.70. The van der Waals surface area contributed by atoms with Crippen molar-refractivity contribution in [2.45, 2.75) is 50.5 Å². The van der Waals surface area contributed by atoms with Crippen LogP contribution in [-0.4, -0.2) is 32.6 Å². The molecule has 172 valence electrons. The smallest absolute Gasteiger partial charge is 0.270 e. The van der Waals surface area contributed by atoms with Crippen LogP contribution in [0.5, 0.6) is 0 Å². The third-order valence-electron chi connectivity index (χ3n) is 7.33. The third-order valence-corrected chi connectivity index (χ3v) is 7.33. The van der Waals surface area contributed by atoms with Crippen molar-refractivity contribution in [1.29, 1.82) is 5.26 Å². The molecule has 1 saturated heterocycles. The highest BCUT2D eigenvalue weighted by Crippen LogP contribution is 2.34. The van der Waals surface area contributed by atoms with Gasteiger partial charge in [0.15, 0.2) is 0 Å². The van der Waals surface area contributed by atoms with E-state index >= 15 is 0 Å². The van der Waals surface area contributed by atoms with E-state index in [2.05, 4.69) is 38.9 Å². The predicted octanol–water partition coefficient (Wildman–Crippen LogP) is 4.47. The van der Waals surface area contributed by atoms with Gasteiger partial charge in [0.2, 0.25) is 5.95 Å². The normalized spacial score (nSPS) is 17.4. The van der Waals surface area contributed by atoms with E-state index in [1.54, 1.807) is 16.8 Å². The number of H-pyrrole nitrogens is 1. The van der Waals surface area contributed by atoms with E-state index in [0.717, 1.165) is 62.8 Å². The summed E-state index contributed by atoms with van der Waals surface area (Å²) in [4.78, 5) is 25.7. The first-order valence-electron chi connectivity index (χ1n) is 12.1. The first-order chi connectivity index (χ1) is 16.7. The van der Waals surface area contributed by atoms with Crippen molar-refractivity contribution >= 4 is 33.6 Å². The molecule has 1 aliphatic heterocycles. The monoisotopic (exact) mass is 453 g/mol. The zero-order valence-electron chi connectivity index (χ0n) is 19.0. The van der Waals surface area contributed by atoms with Crippen molar-refractivity contribution in [3.8, 4) is 6.07 Å². The van der Waals surface area contributed by atoms with Gasteiger partial charge in [-0.15, -0.1) is 0 Å². The number of benzene rings is 1. The van der Waals surface area contributed by atoms with Gasteiger partial charge >= 0.3 is 0 Å². The van der Waals surface area contributed by atoms with Crippen molar-refractivity contribution in [1.82, 2.24) is 24.8 Å². The average molecular weight is 454 g/mol. The second-order valence-electron chi connectivity index (χ2n) is 9.41.